The van der Waals surface area contributed by atoms with Crippen molar-refractivity contribution in [2.75, 3.05) is 25.4 Å². The molecule has 0 aromatic carbocycles. The van der Waals surface area contributed by atoms with Gasteiger partial charge in [0.1, 0.15) is 0 Å². The molecular weight excluding hydrogens is 417 g/mol. The lowest BCUT2D eigenvalue weighted by atomic mass is 9.86. The van der Waals surface area contributed by atoms with Crippen LogP contribution >= 0.6 is 0 Å². The number of halogens is 3. The molecule has 2 fully saturated rings. The number of hydrogen-bond acceptors (Lipinski definition) is 6. The maximum atomic E-state index is 11.8. The number of aromatic nitrogens is 1. The Labute approximate surface area is 166 Å². The quantitative estimate of drug-likeness (QED) is 0.744. The summed E-state index contributed by atoms with van der Waals surface area (Å²) in [6.45, 7) is 3.73. The van der Waals surface area contributed by atoms with E-state index in [1.807, 2.05) is 12.1 Å². The van der Waals surface area contributed by atoms with E-state index in [4.69, 9.17) is 19.4 Å². The molecule has 0 amide bonds. The molecule has 0 bridgehead atoms. The third-order valence-corrected chi connectivity index (χ3v) is 6.36. The molecule has 2 aliphatic heterocycles. The SMILES string of the molecule is CCS(=O)(=O)N1CC2(CC(OCc3cccnc3)CCO2)C1.O=C(O)C(F)(F)F. The molecule has 1 aromatic rings. The Hall–Kier alpha value is -1.76. The van der Waals surface area contributed by atoms with E-state index in [9.17, 15) is 21.6 Å². The van der Waals surface area contributed by atoms with E-state index in [1.165, 1.54) is 4.31 Å². The van der Waals surface area contributed by atoms with Crippen molar-refractivity contribution < 1.29 is 41.0 Å². The van der Waals surface area contributed by atoms with Gasteiger partial charge in [0, 0.05) is 38.5 Å². The van der Waals surface area contributed by atoms with E-state index in [0.29, 0.717) is 26.3 Å². The highest BCUT2D eigenvalue weighted by atomic mass is 32.2. The van der Waals surface area contributed by atoms with Gasteiger partial charge in [0.25, 0.3) is 0 Å². The number of alkyl halides is 3. The monoisotopic (exact) mass is 440 g/mol. The number of pyridine rings is 1. The Balaban J connectivity index is 0.000000370. The average Bonchev–Trinajstić information content (AvgIpc) is 2.65. The van der Waals surface area contributed by atoms with Crippen molar-refractivity contribution in [3.05, 3.63) is 30.1 Å². The fourth-order valence-corrected chi connectivity index (χ4v) is 4.25. The Bertz CT molecular complexity index is 782. The highest BCUT2D eigenvalue weighted by Crippen LogP contribution is 2.37. The maximum Gasteiger partial charge on any atom is 0.490 e. The molecule has 8 nitrogen and oxygen atoms in total. The minimum absolute atomic E-state index is 0.112. The number of carboxylic acids is 1. The molecule has 2 aliphatic rings. The zero-order valence-electron chi connectivity index (χ0n) is 15.8. The van der Waals surface area contributed by atoms with Gasteiger partial charge in [-0.3, -0.25) is 4.98 Å². The second-order valence-corrected chi connectivity index (χ2v) is 9.05. The van der Waals surface area contributed by atoms with Crippen molar-refractivity contribution in [1.29, 1.82) is 0 Å². The number of hydrogen-bond donors (Lipinski definition) is 1. The zero-order valence-corrected chi connectivity index (χ0v) is 16.6. The maximum absolute atomic E-state index is 11.8. The number of carboxylic acid groups (broad SMARTS) is 1. The van der Waals surface area contributed by atoms with Crippen LogP contribution in [0, 0.1) is 0 Å². The Morgan fingerprint density at radius 3 is 2.62 bits per heavy atom. The van der Waals surface area contributed by atoms with Crippen LogP contribution < -0.4 is 0 Å². The minimum Gasteiger partial charge on any atom is -0.475 e. The van der Waals surface area contributed by atoms with Crippen LogP contribution in [0.4, 0.5) is 13.2 Å². The summed E-state index contributed by atoms with van der Waals surface area (Å²) in [5.41, 5.74) is 0.701. The van der Waals surface area contributed by atoms with Crippen molar-refractivity contribution >= 4 is 16.0 Å². The lowest BCUT2D eigenvalue weighted by molar-refractivity contribution is -0.192. The van der Waals surface area contributed by atoms with Crippen LogP contribution in [-0.2, 0) is 30.9 Å². The fraction of sp³-hybridized carbons (Fsp3) is 0.647. The summed E-state index contributed by atoms with van der Waals surface area (Å²) < 4.78 is 68.7. The molecule has 1 aromatic heterocycles. The van der Waals surface area contributed by atoms with Gasteiger partial charge in [-0.2, -0.15) is 17.5 Å². The van der Waals surface area contributed by atoms with Crippen LogP contribution in [-0.4, -0.2) is 72.1 Å². The van der Waals surface area contributed by atoms with E-state index in [-0.39, 0.29) is 17.5 Å². The number of nitrogens with zero attached hydrogens (tertiary/aromatic N) is 2. The van der Waals surface area contributed by atoms with Gasteiger partial charge in [0.2, 0.25) is 10.0 Å². The molecule has 3 heterocycles. The van der Waals surface area contributed by atoms with E-state index < -0.39 is 22.2 Å². The highest BCUT2D eigenvalue weighted by molar-refractivity contribution is 7.89. The molecule has 1 spiro atoms. The third-order valence-electron chi connectivity index (χ3n) is 4.59. The first-order valence-corrected chi connectivity index (χ1v) is 10.5. The van der Waals surface area contributed by atoms with Crippen LogP contribution in [0.3, 0.4) is 0 Å². The first-order valence-electron chi connectivity index (χ1n) is 8.90. The number of sulfonamides is 1. The highest BCUT2D eigenvalue weighted by Gasteiger charge is 2.51. The fourth-order valence-electron chi connectivity index (χ4n) is 3.02. The summed E-state index contributed by atoms with van der Waals surface area (Å²) in [6, 6.07) is 3.88. The van der Waals surface area contributed by atoms with Crippen molar-refractivity contribution in [2.24, 2.45) is 0 Å². The molecule has 1 unspecified atom stereocenters. The van der Waals surface area contributed by atoms with Crippen LogP contribution in [0.25, 0.3) is 0 Å². The standard InChI is InChI=1S/C15H22N2O4S.C2HF3O2/c1-2-22(18,19)17-11-15(12-17)8-14(5-7-21-15)20-10-13-4-3-6-16-9-13;3-2(4,5)1(6)7/h3-4,6,9,14H,2,5,7-8,10-12H2,1H3;(H,6,7). The minimum atomic E-state index is -5.08. The third kappa shape index (κ3) is 6.63. The molecule has 2 saturated heterocycles. The molecule has 1 N–H and O–H groups in total. The molecule has 0 aliphatic carbocycles. The topological polar surface area (TPSA) is 106 Å². The second-order valence-electron chi connectivity index (χ2n) is 6.79. The van der Waals surface area contributed by atoms with Gasteiger partial charge >= 0.3 is 12.1 Å². The van der Waals surface area contributed by atoms with Gasteiger partial charge in [-0.25, -0.2) is 13.2 Å². The summed E-state index contributed by atoms with van der Waals surface area (Å²) in [7, 11) is -3.11. The number of ether oxygens (including phenoxy) is 2. The molecular formula is C17H23F3N2O6S. The molecule has 3 rings (SSSR count). The van der Waals surface area contributed by atoms with Crippen LogP contribution in [0.15, 0.2) is 24.5 Å². The molecule has 164 valence electrons. The van der Waals surface area contributed by atoms with Crippen LogP contribution in [0.1, 0.15) is 25.3 Å². The number of rotatable bonds is 5. The summed E-state index contributed by atoms with van der Waals surface area (Å²) in [5.74, 6) is -2.61. The normalized spacial score (nSPS) is 21.7. The van der Waals surface area contributed by atoms with Crippen molar-refractivity contribution in [3.8, 4) is 0 Å². The zero-order chi connectivity index (χ0) is 21.7. The Morgan fingerprint density at radius 1 is 1.45 bits per heavy atom. The predicted molar refractivity (Wildman–Crippen MR) is 95.5 cm³/mol. The van der Waals surface area contributed by atoms with Crippen molar-refractivity contribution in [3.63, 3.8) is 0 Å². The molecule has 12 heteroatoms. The van der Waals surface area contributed by atoms with Gasteiger partial charge < -0.3 is 14.6 Å². The van der Waals surface area contributed by atoms with Crippen LogP contribution in [0.5, 0.6) is 0 Å². The van der Waals surface area contributed by atoms with Gasteiger partial charge in [-0.05, 0) is 25.0 Å². The molecule has 0 saturated carbocycles. The van der Waals surface area contributed by atoms with Gasteiger partial charge in [-0.1, -0.05) is 6.07 Å². The number of aliphatic carboxylic acids is 1. The van der Waals surface area contributed by atoms with E-state index >= 15 is 0 Å². The lowest BCUT2D eigenvalue weighted by Gasteiger charge is -2.52. The van der Waals surface area contributed by atoms with Gasteiger partial charge in [0.05, 0.1) is 24.1 Å². The first kappa shape index (κ1) is 23.5. The largest absolute Gasteiger partial charge is 0.490 e. The van der Waals surface area contributed by atoms with Gasteiger partial charge in [0.15, 0.2) is 0 Å². The summed E-state index contributed by atoms with van der Waals surface area (Å²) in [4.78, 5) is 13.0. The summed E-state index contributed by atoms with van der Waals surface area (Å²) >= 11 is 0. The predicted octanol–water partition coefficient (Wildman–Crippen LogP) is 1.81. The molecule has 1 atom stereocenters. The molecule has 29 heavy (non-hydrogen) atoms. The molecule has 0 radical (unpaired) electrons. The lowest BCUT2D eigenvalue weighted by Crippen LogP contribution is -2.67. The van der Waals surface area contributed by atoms with Gasteiger partial charge in [-0.15, -0.1) is 0 Å². The van der Waals surface area contributed by atoms with E-state index in [2.05, 4.69) is 4.98 Å². The summed E-state index contributed by atoms with van der Waals surface area (Å²) in [5, 5.41) is 7.12. The first-order chi connectivity index (χ1) is 13.5. The summed E-state index contributed by atoms with van der Waals surface area (Å²) in [6.07, 6.45) is 0.171. The second kappa shape index (κ2) is 9.37. The Morgan fingerprint density at radius 2 is 2.10 bits per heavy atom. The van der Waals surface area contributed by atoms with Crippen LogP contribution in [0.2, 0.25) is 0 Å². The average molecular weight is 440 g/mol. The van der Waals surface area contributed by atoms with Crippen molar-refractivity contribution in [1.82, 2.24) is 9.29 Å². The number of carbonyl (C=O) groups is 1. The smallest absolute Gasteiger partial charge is 0.475 e. The van der Waals surface area contributed by atoms with E-state index in [0.717, 1.165) is 18.4 Å². The van der Waals surface area contributed by atoms with Crippen molar-refractivity contribution in [2.45, 2.75) is 44.3 Å². The van der Waals surface area contributed by atoms with E-state index in [1.54, 1.807) is 19.3 Å². The Kier molecular flexibility index (Phi) is 7.60.